The van der Waals surface area contributed by atoms with Crippen LogP contribution in [0.5, 0.6) is 11.5 Å². The van der Waals surface area contributed by atoms with Crippen LogP contribution >= 0.6 is 11.3 Å². The van der Waals surface area contributed by atoms with Gasteiger partial charge in [-0.15, -0.1) is 11.3 Å². The Morgan fingerprint density at radius 3 is 2.49 bits per heavy atom. The molecule has 2 aromatic heterocycles. The molecule has 8 heteroatoms. The van der Waals surface area contributed by atoms with Crippen molar-refractivity contribution in [3.63, 3.8) is 0 Å². The van der Waals surface area contributed by atoms with Crippen molar-refractivity contribution in [1.29, 1.82) is 0 Å². The summed E-state index contributed by atoms with van der Waals surface area (Å²) in [4.78, 5) is 30.9. The largest absolute Gasteiger partial charge is 0.497 e. The highest BCUT2D eigenvalue weighted by Gasteiger charge is 2.30. The highest BCUT2D eigenvalue weighted by Crippen LogP contribution is 2.42. The predicted molar refractivity (Wildman–Crippen MR) is 148 cm³/mol. The van der Waals surface area contributed by atoms with Gasteiger partial charge in [-0.1, -0.05) is 19.3 Å². The quantitative estimate of drug-likeness (QED) is 0.436. The van der Waals surface area contributed by atoms with E-state index in [0.29, 0.717) is 36.1 Å². The predicted octanol–water partition coefficient (Wildman–Crippen LogP) is 5.60. The third-order valence-corrected chi connectivity index (χ3v) is 9.47. The number of carbonyl (C=O) groups excluding carboxylic acids is 1. The zero-order chi connectivity index (χ0) is 25.4. The maximum atomic E-state index is 13.4. The molecule has 196 valence electrons. The van der Waals surface area contributed by atoms with Crippen molar-refractivity contribution >= 4 is 33.3 Å². The van der Waals surface area contributed by atoms with Crippen LogP contribution in [-0.4, -0.2) is 61.2 Å². The first kappa shape index (κ1) is 24.5. The van der Waals surface area contributed by atoms with Gasteiger partial charge >= 0.3 is 0 Å². The van der Waals surface area contributed by atoms with E-state index in [-0.39, 0.29) is 5.91 Å². The van der Waals surface area contributed by atoms with Gasteiger partial charge in [-0.2, -0.15) is 0 Å². The van der Waals surface area contributed by atoms with Gasteiger partial charge in [-0.3, -0.25) is 4.79 Å². The van der Waals surface area contributed by atoms with Gasteiger partial charge in [0.2, 0.25) is 0 Å². The van der Waals surface area contributed by atoms with E-state index in [4.69, 9.17) is 19.4 Å². The van der Waals surface area contributed by atoms with Gasteiger partial charge in [-0.05, 0) is 56.2 Å². The first-order valence-corrected chi connectivity index (χ1v) is 14.6. The van der Waals surface area contributed by atoms with Gasteiger partial charge in [0.15, 0.2) is 0 Å². The second-order valence-electron chi connectivity index (χ2n) is 10.5. The molecule has 3 heterocycles. The molecule has 2 aliphatic carbocycles. The third-order valence-electron chi connectivity index (χ3n) is 8.29. The monoisotopic (exact) mass is 520 g/mol. The van der Waals surface area contributed by atoms with Crippen LogP contribution in [0.3, 0.4) is 0 Å². The summed E-state index contributed by atoms with van der Waals surface area (Å²) < 4.78 is 10.8. The summed E-state index contributed by atoms with van der Waals surface area (Å²) in [5.41, 5.74) is 2.06. The number of piperazine rings is 1. The summed E-state index contributed by atoms with van der Waals surface area (Å²) in [5, 5.41) is 1.29. The number of anilines is 1. The average molecular weight is 521 g/mol. The number of thiophene rings is 1. The van der Waals surface area contributed by atoms with E-state index in [2.05, 4.69) is 4.90 Å². The van der Waals surface area contributed by atoms with E-state index in [1.807, 2.05) is 22.3 Å². The number of amides is 1. The Labute approximate surface area is 222 Å². The lowest BCUT2D eigenvalue weighted by Crippen LogP contribution is -2.49. The van der Waals surface area contributed by atoms with Crippen molar-refractivity contribution in [3.05, 3.63) is 40.0 Å². The molecular weight excluding hydrogens is 484 g/mol. The van der Waals surface area contributed by atoms with Crippen LogP contribution in [-0.2, 0) is 12.8 Å². The lowest BCUT2D eigenvalue weighted by atomic mass is 9.88. The van der Waals surface area contributed by atoms with Crippen molar-refractivity contribution in [2.75, 3.05) is 45.3 Å². The summed E-state index contributed by atoms with van der Waals surface area (Å²) in [6.07, 6.45) is 11.1. The first-order chi connectivity index (χ1) is 18.2. The van der Waals surface area contributed by atoms with Crippen LogP contribution in [0.1, 0.15) is 77.5 Å². The number of methoxy groups -OCH3 is 2. The highest BCUT2D eigenvalue weighted by atomic mass is 32.1. The van der Waals surface area contributed by atoms with Crippen molar-refractivity contribution in [1.82, 2.24) is 14.9 Å². The molecular formula is C29H36N4O3S. The SMILES string of the molecule is COc1ccc(C(=O)N2CCN(c3nc(C4CCCCC4)nc4sc5c(c34)CCCC5)CC2)c(OC)c1. The summed E-state index contributed by atoms with van der Waals surface area (Å²) in [6.45, 7) is 2.85. The lowest BCUT2D eigenvalue weighted by Gasteiger charge is -2.36. The molecule has 0 N–H and O–H groups in total. The smallest absolute Gasteiger partial charge is 0.257 e. The van der Waals surface area contributed by atoms with E-state index in [1.54, 1.807) is 26.4 Å². The second kappa shape index (κ2) is 10.5. The maximum absolute atomic E-state index is 13.4. The Kier molecular flexibility index (Phi) is 6.93. The molecule has 1 amide bonds. The van der Waals surface area contributed by atoms with E-state index in [1.165, 1.54) is 72.0 Å². The number of aryl methyl sites for hydroxylation is 2. The maximum Gasteiger partial charge on any atom is 0.257 e. The molecule has 7 nitrogen and oxygen atoms in total. The molecule has 37 heavy (non-hydrogen) atoms. The molecule has 0 radical (unpaired) electrons. The van der Waals surface area contributed by atoms with Crippen molar-refractivity contribution in [2.24, 2.45) is 0 Å². The fourth-order valence-corrected chi connectivity index (χ4v) is 7.46. The Balaban J connectivity index is 1.28. The van der Waals surface area contributed by atoms with Crippen molar-refractivity contribution in [3.8, 4) is 11.5 Å². The first-order valence-electron chi connectivity index (χ1n) is 13.7. The Morgan fingerprint density at radius 1 is 0.946 bits per heavy atom. The zero-order valence-electron chi connectivity index (χ0n) is 21.9. The molecule has 1 saturated carbocycles. The number of benzene rings is 1. The van der Waals surface area contributed by atoms with Gasteiger partial charge in [0, 0.05) is 43.0 Å². The Hall–Kier alpha value is -2.87. The molecule has 3 aliphatic rings. The van der Waals surface area contributed by atoms with Gasteiger partial charge < -0.3 is 19.3 Å². The van der Waals surface area contributed by atoms with Crippen molar-refractivity contribution < 1.29 is 14.3 Å². The molecule has 1 saturated heterocycles. The van der Waals surface area contributed by atoms with Crippen LogP contribution in [0.2, 0.25) is 0 Å². The number of aromatic nitrogens is 2. The number of fused-ring (bicyclic) bond motifs is 3. The van der Waals surface area contributed by atoms with Gasteiger partial charge in [0.05, 0.1) is 25.2 Å². The normalized spacial score (nSPS) is 18.6. The lowest BCUT2D eigenvalue weighted by molar-refractivity contribution is 0.0743. The summed E-state index contributed by atoms with van der Waals surface area (Å²) >= 11 is 1.90. The number of carbonyl (C=O) groups is 1. The second-order valence-corrected chi connectivity index (χ2v) is 11.6. The zero-order valence-corrected chi connectivity index (χ0v) is 22.7. The Morgan fingerprint density at radius 2 is 1.73 bits per heavy atom. The molecule has 6 rings (SSSR count). The van der Waals surface area contributed by atoms with E-state index >= 15 is 0 Å². The molecule has 0 atom stereocenters. The summed E-state index contributed by atoms with van der Waals surface area (Å²) in [6, 6.07) is 5.39. The molecule has 2 fully saturated rings. The Bertz CT molecular complexity index is 1290. The van der Waals surface area contributed by atoms with Gasteiger partial charge in [-0.25, -0.2) is 9.97 Å². The van der Waals surface area contributed by atoms with Crippen LogP contribution in [0.4, 0.5) is 5.82 Å². The van der Waals surface area contributed by atoms with E-state index in [0.717, 1.165) is 31.2 Å². The molecule has 3 aromatic rings. The molecule has 1 aromatic carbocycles. The molecule has 0 spiro atoms. The summed E-state index contributed by atoms with van der Waals surface area (Å²) in [5.74, 6) is 3.86. The molecule has 0 unspecified atom stereocenters. The van der Waals surface area contributed by atoms with E-state index < -0.39 is 0 Å². The van der Waals surface area contributed by atoms with Gasteiger partial charge in [0.1, 0.15) is 28.0 Å². The topological polar surface area (TPSA) is 67.8 Å². The number of hydrogen-bond acceptors (Lipinski definition) is 7. The number of hydrogen-bond donors (Lipinski definition) is 0. The number of rotatable bonds is 5. The standard InChI is InChI=1S/C29H36N4O3S/c1-35-20-12-13-21(23(18-20)36-2)29(34)33-16-14-32(15-17-33)27-25-22-10-6-7-11-24(22)37-28(25)31-26(30-27)19-8-4-3-5-9-19/h12-13,18-19H,3-11,14-17H2,1-2H3. The number of ether oxygens (including phenoxy) is 2. The minimum absolute atomic E-state index is 0.00259. The van der Waals surface area contributed by atoms with E-state index in [9.17, 15) is 4.79 Å². The minimum Gasteiger partial charge on any atom is -0.497 e. The number of nitrogens with zero attached hydrogens (tertiary/aromatic N) is 4. The van der Waals surface area contributed by atoms with Crippen LogP contribution < -0.4 is 14.4 Å². The third kappa shape index (κ3) is 4.65. The summed E-state index contributed by atoms with van der Waals surface area (Å²) in [7, 11) is 3.21. The fraction of sp³-hybridized carbons (Fsp3) is 0.552. The minimum atomic E-state index is 0.00259. The van der Waals surface area contributed by atoms with Crippen LogP contribution in [0.25, 0.3) is 10.2 Å². The van der Waals surface area contributed by atoms with Crippen LogP contribution in [0.15, 0.2) is 18.2 Å². The van der Waals surface area contributed by atoms with Crippen LogP contribution in [0, 0.1) is 0 Å². The fourth-order valence-electron chi connectivity index (χ4n) is 6.19. The highest BCUT2D eigenvalue weighted by molar-refractivity contribution is 7.19. The van der Waals surface area contributed by atoms with Gasteiger partial charge in [0.25, 0.3) is 5.91 Å². The molecule has 0 bridgehead atoms. The molecule has 1 aliphatic heterocycles. The average Bonchev–Trinajstić information content (AvgIpc) is 3.35. The van der Waals surface area contributed by atoms with Crippen molar-refractivity contribution in [2.45, 2.75) is 63.7 Å².